The van der Waals surface area contributed by atoms with E-state index < -0.39 is 11.7 Å². The molecule has 2 rings (SSSR count). The van der Waals surface area contributed by atoms with Gasteiger partial charge in [-0.3, -0.25) is 0 Å². The molecule has 5 heteroatoms. The largest absolute Gasteiger partial charge is 0.416 e. The smallest absolute Gasteiger partial charge is 0.379 e. The van der Waals surface area contributed by atoms with Gasteiger partial charge in [0.05, 0.1) is 16.9 Å². The van der Waals surface area contributed by atoms with E-state index in [1.54, 1.807) is 7.05 Å². The number of hydrogen-bond acceptors (Lipinski definition) is 2. The number of hydrogen-bond donors (Lipinski definition) is 1. The van der Waals surface area contributed by atoms with Gasteiger partial charge in [-0.1, -0.05) is 0 Å². The summed E-state index contributed by atoms with van der Waals surface area (Å²) in [5.41, 5.74) is 0.761. The average Bonchev–Trinajstić information content (AvgIpc) is 2.15. The molecular weight excluding hydrogens is 217 g/mol. The summed E-state index contributed by atoms with van der Waals surface area (Å²) in [5.74, 6) is 0. The van der Waals surface area contributed by atoms with E-state index in [2.05, 4.69) is 5.32 Å². The summed E-state index contributed by atoms with van der Waals surface area (Å²) >= 11 is 0. The number of halogens is 3. The first-order chi connectivity index (χ1) is 7.38. The third-order valence-electron chi connectivity index (χ3n) is 2.69. The van der Waals surface area contributed by atoms with Crippen LogP contribution in [0, 0.1) is 0 Å². The van der Waals surface area contributed by atoms with E-state index in [1.807, 2.05) is 11.8 Å². The maximum atomic E-state index is 12.5. The maximum absolute atomic E-state index is 12.5. The van der Waals surface area contributed by atoms with Gasteiger partial charge in [-0.25, -0.2) is 0 Å². The number of fused-ring (bicyclic) bond motifs is 1. The Morgan fingerprint density at radius 2 is 2.06 bits per heavy atom. The molecule has 1 N–H and O–H groups in total. The molecule has 1 aromatic carbocycles. The van der Waals surface area contributed by atoms with Crippen LogP contribution < -0.4 is 10.2 Å². The molecule has 1 atom stereocenters. The minimum absolute atomic E-state index is 0.245. The second-order valence-electron chi connectivity index (χ2n) is 4.16. The summed E-state index contributed by atoms with van der Waals surface area (Å²) in [5, 5.41) is 3.16. The van der Waals surface area contributed by atoms with Crippen LogP contribution in [-0.2, 0) is 6.18 Å². The van der Waals surface area contributed by atoms with Gasteiger partial charge in [0, 0.05) is 19.6 Å². The third-order valence-corrected chi connectivity index (χ3v) is 2.69. The molecule has 0 aliphatic carbocycles. The highest BCUT2D eigenvalue weighted by Crippen LogP contribution is 2.36. The van der Waals surface area contributed by atoms with Crippen LogP contribution >= 0.6 is 0 Å². The Balaban J connectivity index is 2.42. The van der Waals surface area contributed by atoms with Crippen LogP contribution in [0.5, 0.6) is 0 Å². The number of nitrogens with one attached hydrogen (secondary N) is 1. The normalized spacial score (nSPS) is 20.3. The van der Waals surface area contributed by atoms with Crippen molar-refractivity contribution in [3.05, 3.63) is 23.8 Å². The lowest BCUT2D eigenvalue weighted by molar-refractivity contribution is -0.137. The summed E-state index contributed by atoms with van der Waals surface area (Å²) in [6, 6.07) is 4.03. The molecule has 0 amide bonds. The minimum Gasteiger partial charge on any atom is -0.379 e. The van der Waals surface area contributed by atoms with Crippen molar-refractivity contribution in [1.82, 2.24) is 0 Å². The lowest BCUT2D eigenvalue weighted by Gasteiger charge is -2.33. The van der Waals surface area contributed by atoms with Crippen molar-refractivity contribution in [1.29, 1.82) is 0 Å². The standard InChI is InChI=1S/C11H13F3N2/c1-7-6-16(2)10-5-8(11(12,13)14)3-4-9(10)15-7/h3-5,7,15H,6H2,1-2H3. The Morgan fingerprint density at radius 3 is 2.69 bits per heavy atom. The van der Waals surface area contributed by atoms with E-state index >= 15 is 0 Å². The molecule has 1 heterocycles. The fraction of sp³-hybridized carbons (Fsp3) is 0.455. The second-order valence-corrected chi connectivity index (χ2v) is 4.16. The van der Waals surface area contributed by atoms with Crippen molar-refractivity contribution < 1.29 is 13.2 Å². The van der Waals surface area contributed by atoms with Crippen LogP contribution in [0.1, 0.15) is 12.5 Å². The fourth-order valence-corrected chi connectivity index (χ4v) is 1.97. The van der Waals surface area contributed by atoms with Gasteiger partial charge in [0.2, 0.25) is 0 Å². The van der Waals surface area contributed by atoms with E-state index in [-0.39, 0.29) is 6.04 Å². The Morgan fingerprint density at radius 1 is 1.38 bits per heavy atom. The average molecular weight is 230 g/mol. The molecule has 0 aromatic heterocycles. The summed E-state index contributed by atoms with van der Waals surface area (Å²) in [7, 11) is 1.80. The monoisotopic (exact) mass is 230 g/mol. The molecule has 0 bridgehead atoms. The number of nitrogens with zero attached hydrogens (tertiary/aromatic N) is 1. The SMILES string of the molecule is CC1CN(C)c2cc(C(F)(F)F)ccc2N1. The van der Waals surface area contributed by atoms with Crippen LogP contribution in [0.3, 0.4) is 0 Å². The molecule has 1 unspecified atom stereocenters. The van der Waals surface area contributed by atoms with Crippen LogP contribution in [0.4, 0.5) is 24.5 Å². The van der Waals surface area contributed by atoms with Crippen molar-refractivity contribution in [2.45, 2.75) is 19.1 Å². The minimum atomic E-state index is -4.28. The molecule has 1 aliphatic heterocycles. The van der Waals surface area contributed by atoms with E-state index in [0.717, 1.165) is 11.8 Å². The molecule has 2 nitrogen and oxygen atoms in total. The predicted octanol–water partition coefficient (Wildman–Crippen LogP) is 2.96. The first-order valence-corrected chi connectivity index (χ1v) is 5.07. The number of anilines is 2. The number of likely N-dealkylation sites (N-methyl/N-ethyl adjacent to an activating group) is 1. The van der Waals surface area contributed by atoms with Crippen molar-refractivity contribution in [3.63, 3.8) is 0 Å². The Bertz CT molecular complexity index is 401. The Hall–Kier alpha value is -1.39. The number of benzene rings is 1. The highest BCUT2D eigenvalue weighted by atomic mass is 19.4. The predicted molar refractivity (Wildman–Crippen MR) is 57.8 cm³/mol. The van der Waals surface area contributed by atoms with Crippen molar-refractivity contribution in [2.75, 3.05) is 23.8 Å². The maximum Gasteiger partial charge on any atom is 0.416 e. The zero-order chi connectivity index (χ0) is 11.9. The van der Waals surface area contributed by atoms with Crippen LogP contribution in [0.15, 0.2) is 18.2 Å². The first-order valence-electron chi connectivity index (χ1n) is 5.07. The summed E-state index contributed by atoms with van der Waals surface area (Å²) < 4.78 is 37.6. The highest BCUT2D eigenvalue weighted by Gasteiger charge is 2.32. The van der Waals surface area contributed by atoms with Gasteiger partial charge < -0.3 is 10.2 Å². The molecule has 0 saturated carbocycles. The second kappa shape index (κ2) is 3.57. The van der Waals surface area contributed by atoms with Crippen molar-refractivity contribution >= 4 is 11.4 Å². The molecule has 88 valence electrons. The van der Waals surface area contributed by atoms with Gasteiger partial charge in [-0.15, -0.1) is 0 Å². The lowest BCUT2D eigenvalue weighted by atomic mass is 10.1. The fourth-order valence-electron chi connectivity index (χ4n) is 1.97. The molecule has 0 radical (unpaired) electrons. The van der Waals surface area contributed by atoms with Gasteiger partial charge in [0.1, 0.15) is 0 Å². The quantitative estimate of drug-likeness (QED) is 0.737. The van der Waals surface area contributed by atoms with Crippen molar-refractivity contribution in [2.24, 2.45) is 0 Å². The van der Waals surface area contributed by atoms with Gasteiger partial charge >= 0.3 is 6.18 Å². The number of rotatable bonds is 0. The molecule has 0 fully saturated rings. The van der Waals surface area contributed by atoms with Gasteiger partial charge in [-0.05, 0) is 25.1 Å². The topological polar surface area (TPSA) is 15.3 Å². The van der Waals surface area contributed by atoms with E-state index in [9.17, 15) is 13.2 Å². The lowest BCUT2D eigenvalue weighted by Crippen LogP contribution is -2.37. The van der Waals surface area contributed by atoms with E-state index in [0.29, 0.717) is 12.2 Å². The highest BCUT2D eigenvalue weighted by molar-refractivity contribution is 5.73. The molecular formula is C11H13F3N2. The van der Waals surface area contributed by atoms with Crippen LogP contribution in [0.2, 0.25) is 0 Å². The zero-order valence-electron chi connectivity index (χ0n) is 9.10. The molecule has 0 spiro atoms. The molecule has 1 aromatic rings. The van der Waals surface area contributed by atoms with Crippen molar-refractivity contribution in [3.8, 4) is 0 Å². The van der Waals surface area contributed by atoms with E-state index in [4.69, 9.17) is 0 Å². The number of alkyl halides is 3. The third kappa shape index (κ3) is 1.94. The molecule has 0 saturated heterocycles. The summed E-state index contributed by atoms with van der Waals surface area (Å²) in [6.07, 6.45) is -4.28. The van der Waals surface area contributed by atoms with E-state index in [1.165, 1.54) is 12.1 Å². The van der Waals surface area contributed by atoms with Gasteiger partial charge in [-0.2, -0.15) is 13.2 Å². The Labute approximate surface area is 92.1 Å². The zero-order valence-corrected chi connectivity index (χ0v) is 9.10. The van der Waals surface area contributed by atoms with Crippen LogP contribution in [0.25, 0.3) is 0 Å². The Kier molecular flexibility index (Phi) is 2.48. The summed E-state index contributed by atoms with van der Waals surface area (Å²) in [6.45, 7) is 2.70. The molecule has 1 aliphatic rings. The first kappa shape index (κ1) is 11.1. The van der Waals surface area contributed by atoms with Gasteiger partial charge in [0.15, 0.2) is 0 Å². The van der Waals surface area contributed by atoms with Crippen LogP contribution in [-0.4, -0.2) is 19.6 Å². The van der Waals surface area contributed by atoms with Gasteiger partial charge in [0.25, 0.3) is 0 Å². The summed E-state index contributed by atoms with van der Waals surface area (Å²) in [4.78, 5) is 1.84. The molecule has 16 heavy (non-hydrogen) atoms.